The average molecular weight is 919 g/mol. The summed E-state index contributed by atoms with van der Waals surface area (Å²) in [4.78, 5) is 39.9. The van der Waals surface area contributed by atoms with Gasteiger partial charge in [-0.15, -0.1) is 5.56 Å². The second-order valence-electron chi connectivity index (χ2n) is 14.2. The summed E-state index contributed by atoms with van der Waals surface area (Å²) in [6.45, 7) is 27.6. The zero-order valence-electron chi connectivity index (χ0n) is 38.1. The molecule has 1 radical (unpaired) electrons. The largest absolute Gasteiger partial charge is 0.494 e. The van der Waals surface area contributed by atoms with Crippen LogP contribution >= 0.6 is 0 Å². The van der Waals surface area contributed by atoms with Crippen molar-refractivity contribution in [2.75, 3.05) is 5.73 Å². The number of nitrogens with zero attached hydrogens (tertiary/aromatic N) is 10. The average Bonchev–Trinajstić information content (AvgIpc) is 3.55. The number of aryl methyl sites for hydroxylation is 5. The van der Waals surface area contributed by atoms with E-state index in [0.29, 0.717) is 34.4 Å². The Morgan fingerprint density at radius 3 is 1.58 bits per heavy atom. The molecule has 2 atom stereocenters. The Kier molecular flexibility index (Phi) is 22.2. The van der Waals surface area contributed by atoms with Crippen molar-refractivity contribution in [2.24, 2.45) is 0 Å². The summed E-state index contributed by atoms with van der Waals surface area (Å²) in [6.07, 6.45) is 3.02. The SMILES string of the molecule is CCC#N.Cc1n[c-]c([N+](=O)[O-])c(C)c1C.Cc1nc(C(C)C#N)c(N)c(C)c1C.Cc1nc(C(C)C#N)c([N+](=O)[O-])c(C)c1C.Cc1nc2c(C#N)c(O)[nH]c2c(C)c1C.[Y]. The number of nitrogens with two attached hydrogens (primary N) is 1. The van der Waals surface area contributed by atoms with Gasteiger partial charge in [-0.2, -0.15) is 21.0 Å². The van der Waals surface area contributed by atoms with Crippen LogP contribution in [0.4, 0.5) is 17.1 Å². The van der Waals surface area contributed by atoms with E-state index in [9.17, 15) is 25.3 Å². The maximum absolute atomic E-state index is 11.0. The number of nitrogen functional groups attached to an aromatic ring is 1. The molecule has 0 saturated heterocycles. The molecule has 17 nitrogen and oxygen atoms in total. The number of anilines is 1. The quantitative estimate of drug-likeness (QED) is 0.0859. The van der Waals surface area contributed by atoms with Gasteiger partial charge in [-0.25, -0.2) is 9.97 Å². The van der Waals surface area contributed by atoms with Crippen LogP contribution in [0.15, 0.2) is 0 Å². The zero-order valence-corrected chi connectivity index (χ0v) is 40.9. The number of H-pyrrole nitrogens is 1. The van der Waals surface area contributed by atoms with Gasteiger partial charge in [0, 0.05) is 72.9 Å². The van der Waals surface area contributed by atoms with E-state index in [2.05, 4.69) is 37.2 Å². The number of hydrogen-bond acceptors (Lipinski definition) is 14. The van der Waals surface area contributed by atoms with Crippen LogP contribution in [-0.2, 0) is 32.7 Å². The molecule has 18 heteroatoms. The summed E-state index contributed by atoms with van der Waals surface area (Å²) in [5.74, 6) is -0.917. The molecular weight excluding hydrogens is 865 g/mol. The Labute approximate surface area is 388 Å². The fourth-order valence-corrected chi connectivity index (χ4v) is 5.54. The van der Waals surface area contributed by atoms with Gasteiger partial charge in [0.25, 0.3) is 5.69 Å². The fourth-order valence-electron chi connectivity index (χ4n) is 5.54. The van der Waals surface area contributed by atoms with Crippen molar-refractivity contribution in [2.45, 2.75) is 122 Å². The van der Waals surface area contributed by atoms with E-state index in [1.54, 1.807) is 34.6 Å². The molecular formula is C44H53N12O5Y-. The van der Waals surface area contributed by atoms with Crippen LogP contribution in [0.3, 0.4) is 0 Å². The minimum Gasteiger partial charge on any atom is -0.494 e. The fraction of sp³-hybridized carbons (Fsp3) is 0.409. The van der Waals surface area contributed by atoms with Crippen molar-refractivity contribution >= 4 is 28.1 Å². The molecule has 0 saturated carbocycles. The number of rotatable bonds is 4. The van der Waals surface area contributed by atoms with E-state index in [1.807, 2.05) is 87.4 Å². The molecule has 5 aromatic heterocycles. The van der Waals surface area contributed by atoms with Crippen molar-refractivity contribution in [3.63, 3.8) is 0 Å². The van der Waals surface area contributed by atoms with Crippen LogP contribution in [0.5, 0.6) is 5.88 Å². The summed E-state index contributed by atoms with van der Waals surface area (Å²) < 4.78 is 0. The second-order valence-corrected chi connectivity index (χ2v) is 14.2. The van der Waals surface area contributed by atoms with Crippen LogP contribution in [0.1, 0.15) is 123 Å². The van der Waals surface area contributed by atoms with Gasteiger partial charge in [-0.1, -0.05) is 39.0 Å². The molecule has 323 valence electrons. The Morgan fingerprint density at radius 1 is 0.694 bits per heavy atom. The first-order valence-electron chi connectivity index (χ1n) is 19.0. The summed E-state index contributed by atoms with van der Waals surface area (Å²) in [7, 11) is 0. The molecule has 0 bridgehead atoms. The van der Waals surface area contributed by atoms with Gasteiger partial charge < -0.3 is 20.8 Å². The predicted octanol–water partition coefficient (Wildman–Crippen LogP) is 9.46. The number of nitrogens with one attached hydrogen (secondary N) is 1. The smallest absolute Gasteiger partial charge is 0.295 e. The first-order valence-corrected chi connectivity index (χ1v) is 19.0. The molecule has 2 unspecified atom stereocenters. The van der Waals surface area contributed by atoms with E-state index in [1.165, 1.54) is 0 Å². The Balaban J connectivity index is 0.000000776. The molecule has 5 aromatic rings. The maximum atomic E-state index is 11.0. The maximum Gasteiger partial charge on any atom is 0.295 e. The molecule has 62 heavy (non-hydrogen) atoms. The second kappa shape index (κ2) is 24.8. The van der Waals surface area contributed by atoms with Gasteiger partial charge in [0.05, 0.1) is 51.9 Å². The van der Waals surface area contributed by atoms with Crippen molar-refractivity contribution in [1.29, 1.82) is 21.0 Å². The summed E-state index contributed by atoms with van der Waals surface area (Å²) in [5.41, 5.74) is 19.5. The standard InChI is InChI=1S/C11H13N3O2.C11H11N3O.C11H15N3.C8H9N2O2.C3H5N.Y/c1-6(5-12)10-11(14(15)16)8(3)7(2)9(4)13-10;1-5-6(2)9-10(13-7(5)3)8(4-12)11(15)14-9;1-6(5-12)11-10(13)8(3)7(2)9(4)14-11;1-5-6(2)8(10(11)12)4-9-7(5)3;1-2-3-4;/h6H,1-4H3;14-15H,1-3H3;6H,13H2,1-4H3;1-3H3;2H2,1H3;/q;;;-1;;. The van der Waals surface area contributed by atoms with E-state index >= 15 is 0 Å². The monoisotopic (exact) mass is 918 g/mol. The van der Waals surface area contributed by atoms with E-state index in [-0.39, 0.29) is 67.1 Å². The number of nitro groups is 2. The van der Waals surface area contributed by atoms with Gasteiger partial charge in [-0.3, -0.25) is 25.2 Å². The topological polar surface area (TPSA) is 295 Å². The third-order valence-corrected chi connectivity index (χ3v) is 10.4. The zero-order chi connectivity index (χ0) is 47.2. The molecule has 4 N–H and O–H groups in total. The molecule has 0 aliphatic heterocycles. The number of aromatic amines is 1. The van der Waals surface area contributed by atoms with E-state index in [4.69, 9.17) is 26.8 Å². The number of aromatic hydroxyl groups is 1. The van der Waals surface area contributed by atoms with Crippen LogP contribution in [0.2, 0.25) is 0 Å². The molecule has 0 aromatic carbocycles. The van der Waals surface area contributed by atoms with E-state index in [0.717, 1.165) is 61.7 Å². The molecule has 0 amide bonds. The number of aromatic nitrogens is 5. The van der Waals surface area contributed by atoms with Gasteiger partial charge >= 0.3 is 0 Å². The molecule has 0 fully saturated rings. The molecule has 5 heterocycles. The summed E-state index contributed by atoms with van der Waals surface area (Å²) in [5, 5.41) is 65.1. The predicted molar refractivity (Wildman–Crippen MR) is 233 cm³/mol. The first-order chi connectivity index (χ1) is 28.4. The van der Waals surface area contributed by atoms with Crippen molar-refractivity contribution in [1.82, 2.24) is 24.9 Å². The molecule has 0 aliphatic rings. The Morgan fingerprint density at radius 2 is 1.13 bits per heavy atom. The Hall–Kier alpha value is -6.40. The molecule has 5 rings (SSSR count). The number of pyridine rings is 4. The number of hydrogen-bond donors (Lipinski definition) is 3. The first kappa shape index (κ1) is 55.6. The minimum atomic E-state index is -0.571. The van der Waals surface area contributed by atoms with Crippen molar-refractivity contribution in [3.8, 4) is 30.2 Å². The summed E-state index contributed by atoms with van der Waals surface area (Å²) >= 11 is 0. The van der Waals surface area contributed by atoms with Gasteiger partial charge in [0.15, 0.2) is 5.69 Å². The summed E-state index contributed by atoms with van der Waals surface area (Å²) in [6, 6.07) is 8.02. The van der Waals surface area contributed by atoms with Gasteiger partial charge in [0.1, 0.15) is 22.8 Å². The van der Waals surface area contributed by atoms with Gasteiger partial charge in [-0.05, 0) is 104 Å². The van der Waals surface area contributed by atoms with Crippen LogP contribution in [0.25, 0.3) is 11.0 Å². The van der Waals surface area contributed by atoms with E-state index < -0.39 is 15.8 Å². The number of nitriles is 4. The number of fused-ring (bicyclic) bond motifs is 1. The minimum absolute atomic E-state index is 0. The van der Waals surface area contributed by atoms with Crippen LogP contribution < -0.4 is 5.73 Å². The normalized spacial score (nSPS) is 10.6. The third kappa shape index (κ3) is 13.3. The third-order valence-electron chi connectivity index (χ3n) is 10.4. The van der Waals surface area contributed by atoms with Crippen molar-refractivity contribution < 1.29 is 47.7 Å². The Bertz CT molecular complexity index is 2630. The van der Waals surface area contributed by atoms with Crippen LogP contribution in [0, 0.1) is 155 Å². The molecule has 0 spiro atoms. The van der Waals surface area contributed by atoms with Crippen molar-refractivity contribution in [3.05, 3.63) is 111 Å². The van der Waals surface area contributed by atoms with Crippen LogP contribution in [-0.4, -0.2) is 39.9 Å². The van der Waals surface area contributed by atoms with Gasteiger partial charge in [0.2, 0.25) is 5.88 Å². The molecule has 0 aliphatic carbocycles.